The molecule has 0 saturated heterocycles. The summed E-state index contributed by atoms with van der Waals surface area (Å²) in [5.74, 6) is -1.43. The molecule has 0 fully saturated rings. The van der Waals surface area contributed by atoms with Gasteiger partial charge in [-0.3, -0.25) is 4.72 Å². The Balaban J connectivity index is 1.77. The van der Waals surface area contributed by atoms with Crippen molar-refractivity contribution in [2.24, 2.45) is 0 Å². The lowest BCUT2D eigenvalue weighted by Gasteiger charge is -2.11. The van der Waals surface area contributed by atoms with Gasteiger partial charge in [-0.1, -0.05) is 17.7 Å². The van der Waals surface area contributed by atoms with Crippen molar-refractivity contribution in [2.75, 3.05) is 4.72 Å². The summed E-state index contributed by atoms with van der Waals surface area (Å²) < 4.78 is 63.5. The summed E-state index contributed by atoms with van der Waals surface area (Å²) >= 11 is 6.79. The van der Waals surface area contributed by atoms with E-state index in [4.69, 9.17) is 16.3 Å². The van der Waals surface area contributed by atoms with E-state index in [-0.39, 0.29) is 21.6 Å². The molecule has 3 rings (SSSR count). The summed E-state index contributed by atoms with van der Waals surface area (Å²) in [6, 6.07) is 7.32. The Morgan fingerprint density at radius 1 is 1.21 bits per heavy atom. The lowest BCUT2D eigenvalue weighted by atomic mass is 10.2. The summed E-state index contributed by atoms with van der Waals surface area (Å²) in [4.78, 5) is 4.11. The molecule has 1 heterocycles. The molecule has 28 heavy (non-hydrogen) atoms. The van der Waals surface area contributed by atoms with Crippen LogP contribution in [0, 0.1) is 18.6 Å². The molecule has 0 aliphatic rings. The highest BCUT2D eigenvalue weighted by atomic mass is 35.5. The number of anilines is 1. The van der Waals surface area contributed by atoms with Gasteiger partial charge in [-0.25, -0.2) is 17.2 Å². The summed E-state index contributed by atoms with van der Waals surface area (Å²) in [5, 5.41) is 0.348. The topological polar surface area (TPSA) is 81.2 Å². The summed E-state index contributed by atoms with van der Waals surface area (Å²) in [6.45, 7) is 3.17. The Labute approximate surface area is 169 Å². The fourth-order valence-electron chi connectivity index (χ4n) is 2.34. The first-order valence-electron chi connectivity index (χ1n) is 7.90. The Hall–Kier alpha value is -2.30. The number of benzene rings is 2. The van der Waals surface area contributed by atoms with Gasteiger partial charge in [0.25, 0.3) is 10.0 Å². The van der Waals surface area contributed by atoms with Crippen LogP contribution in [-0.4, -0.2) is 17.8 Å². The maximum atomic E-state index is 13.3. The van der Waals surface area contributed by atoms with Crippen molar-refractivity contribution in [2.45, 2.75) is 24.8 Å². The minimum atomic E-state index is -3.92. The molecule has 0 saturated carbocycles. The number of nitrogens with one attached hydrogen (secondary N) is 1. The van der Waals surface area contributed by atoms with Crippen molar-refractivity contribution < 1.29 is 21.9 Å². The van der Waals surface area contributed by atoms with Gasteiger partial charge in [-0.2, -0.15) is 9.36 Å². The van der Waals surface area contributed by atoms with Crippen molar-refractivity contribution >= 4 is 38.3 Å². The minimum absolute atomic E-state index is 0.0234. The van der Waals surface area contributed by atoms with Gasteiger partial charge in [0.1, 0.15) is 17.4 Å². The highest BCUT2D eigenvalue weighted by molar-refractivity contribution is 7.93. The van der Waals surface area contributed by atoms with Gasteiger partial charge in [0.15, 0.2) is 11.9 Å². The molecule has 2 aromatic carbocycles. The average molecular weight is 446 g/mol. The van der Waals surface area contributed by atoms with E-state index >= 15 is 0 Å². The largest absolute Gasteiger partial charge is 0.482 e. The molecule has 6 nitrogen and oxygen atoms in total. The van der Waals surface area contributed by atoms with Crippen molar-refractivity contribution in [1.29, 1.82) is 0 Å². The van der Waals surface area contributed by atoms with Crippen LogP contribution in [0.15, 0.2) is 41.3 Å². The number of aromatic nitrogens is 2. The van der Waals surface area contributed by atoms with Crippen molar-refractivity contribution in [3.8, 4) is 5.75 Å². The molecular weight excluding hydrogens is 432 g/mol. The van der Waals surface area contributed by atoms with E-state index in [0.717, 1.165) is 29.7 Å². The normalized spacial score (nSPS) is 12.6. The molecule has 1 unspecified atom stereocenters. The third-order valence-electron chi connectivity index (χ3n) is 3.68. The molecule has 0 spiro atoms. The first-order valence-corrected chi connectivity index (χ1v) is 10.5. The van der Waals surface area contributed by atoms with E-state index in [1.165, 1.54) is 12.1 Å². The van der Waals surface area contributed by atoms with E-state index in [0.29, 0.717) is 10.6 Å². The Kier molecular flexibility index (Phi) is 5.82. The molecule has 148 valence electrons. The molecule has 0 radical (unpaired) electrons. The Morgan fingerprint density at radius 3 is 2.57 bits per heavy atom. The molecule has 1 N–H and O–H groups in total. The van der Waals surface area contributed by atoms with Crippen molar-refractivity contribution in [1.82, 2.24) is 9.36 Å². The van der Waals surface area contributed by atoms with Crippen LogP contribution in [0.3, 0.4) is 0 Å². The first-order chi connectivity index (χ1) is 13.2. The molecule has 0 amide bonds. The number of nitrogens with zero attached hydrogens (tertiary/aromatic N) is 2. The van der Waals surface area contributed by atoms with Crippen LogP contribution in [0.5, 0.6) is 5.75 Å². The van der Waals surface area contributed by atoms with Gasteiger partial charge >= 0.3 is 0 Å². The highest BCUT2D eigenvalue weighted by Crippen LogP contribution is 2.27. The van der Waals surface area contributed by atoms with Crippen LogP contribution in [-0.2, 0) is 10.0 Å². The molecular formula is C17H14ClF2N3O3S2. The lowest BCUT2D eigenvalue weighted by molar-refractivity contribution is 0.216. The fourth-order valence-corrected chi connectivity index (χ4v) is 4.71. The number of ether oxygens (including phenoxy) is 1. The van der Waals surface area contributed by atoms with Gasteiger partial charge < -0.3 is 4.74 Å². The second-order valence-corrected chi connectivity index (χ2v) is 8.60. The van der Waals surface area contributed by atoms with Crippen LogP contribution < -0.4 is 9.46 Å². The lowest BCUT2D eigenvalue weighted by Crippen LogP contribution is -2.14. The monoisotopic (exact) mass is 445 g/mol. The number of sulfonamides is 1. The smallest absolute Gasteiger partial charge is 0.264 e. The number of halogens is 3. The zero-order chi connectivity index (χ0) is 20.5. The Bertz CT molecular complexity index is 1100. The van der Waals surface area contributed by atoms with E-state index in [1.807, 2.05) is 0 Å². The average Bonchev–Trinajstić information content (AvgIpc) is 3.04. The Morgan fingerprint density at radius 2 is 1.89 bits per heavy atom. The first kappa shape index (κ1) is 20.4. The summed E-state index contributed by atoms with van der Waals surface area (Å²) in [7, 11) is -3.92. The maximum absolute atomic E-state index is 13.3. The summed E-state index contributed by atoms with van der Waals surface area (Å²) in [5.41, 5.74) is 0.409. The van der Waals surface area contributed by atoms with Crippen molar-refractivity contribution in [3.05, 3.63) is 64.4 Å². The third-order valence-corrected chi connectivity index (χ3v) is 6.35. The second-order valence-electron chi connectivity index (χ2n) is 5.79. The van der Waals surface area contributed by atoms with Gasteiger partial charge in [-0.05, 0) is 31.5 Å². The van der Waals surface area contributed by atoms with Crippen LogP contribution >= 0.6 is 23.1 Å². The van der Waals surface area contributed by atoms with E-state index in [9.17, 15) is 17.2 Å². The number of rotatable bonds is 6. The van der Waals surface area contributed by atoms with Crippen LogP contribution in [0.4, 0.5) is 13.9 Å². The highest BCUT2D eigenvalue weighted by Gasteiger charge is 2.22. The van der Waals surface area contributed by atoms with Crippen LogP contribution in [0.25, 0.3) is 0 Å². The molecule has 3 aromatic rings. The standard InChI is InChI=1S/C17H14ClF2N3O3S2/c1-9-14(18)4-3-5-15(9)28(24,25)23-17-21-16(22-27-17)10(2)26-13-7-11(19)6-12(20)8-13/h3-8,10H,1-2H3,(H,21,22,23). The molecule has 0 aliphatic heterocycles. The molecule has 0 aliphatic carbocycles. The van der Waals surface area contributed by atoms with Gasteiger partial charge in [0, 0.05) is 34.8 Å². The quantitative estimate of drug-likeness (QED) is 0.593. The predicted molar refractivity (Wildman–Crippen MR) is 102 cm³/mol. The van der Waals surface area contributed by atoms with Gasteiger partial charge in [-0.15, -0.1) is 0 Å². The molecule has 11 heteroatoms. The summed E-state index contributed by atoms with van der Waals surface area (Å²) in [6.07, 6.45) is -0.761. The van der Waals surface area contributed by atoms with Crippen LogP contribution in [0.1, 0.15) is 24.4 Å². The molecule has 1 aromatic heterocycles. The maximum Gasteiger partial charge on any atom is 0.264 e. The zero-order valence-electron chi connectivity index (χ0n) is 14.6. The third kappa shape index (κ3) is 4.57. The van der Waals surface area contributed by atoms with Gasteiger partial charge in [0.2, 0.25) is 5.13 Å². The molecule has 0 bridgehead atoms. The fraction of sp³-hybridized carbons (Fsp3) is 0.176. The van der Waals surface area contributed by atoms with Crippen molar-refractivity contribution in [3.63, 3.8) is 0 Å². The van der Waals surface area contributed by atoms with E-state index in [1.54, 1.807) is 19.9 Å². The minimum Gasteiger partial charge on any atom is -0.482 e. The predicted octanol–water partition coefficient (Wildman–Crippen LogP) is 4.72. The number of hydrogen-bond donors (Lipinski definition) is 1. The van der Waals surface area contributed by atoms with Gasteiger partial charge in [0.05, 0.1) is 4.90 Å². The molecule has 1 atom stereocenters. The zero-order valence-corrected chi connectivity index (χ0v) is 17.0. The second kappa shape index (κ2) is 7.98. The SMILES string of the molecule is Cc1c(Cl)cccc1S(=O)(=O)Nc1nc(C(C)Oc2cc(F)cc(F)c2)ns1. The van der Waals surface area contributed by atoms with E-state index < -0.39 is 27.8 Å². The number of hydrogen-bond acceptors (Lipinski definition) is 6. The van der Waals surface area contributed by atoms with Crippen LogP contribution in [0.2, 0.25) is 5.02 Å². The van der Waals surface area contributed by atoms with E-state index in [2.05, 4.69) is 14.1 Å².